The maximum atomic E-state index is 11.7. The minimum absolute atomic E-state index is 0.318. The summed E-state index contributed by atoms with van der Waals surface area (Å²) >= 11 is 7.24. The number of hydrogen-bond acceptors (Lipinski definition) is 4. The van der Waals surface area contributed by atoms with E-state index in [2.05, 4.69) is 11.9 Å². The molecule has 1 aromatic heterocycles. The van der Waals surface area contributed by atoms with Gasteiger partial charge in [0, 0.05) is 17.3 Å². The molecule has 1 heterocycles. The first kappa shape index (κ1) is 14.3. The van der Waals surface area contributed by atoms with Crippen molar-refractivity contribution >= 4 is 29.3 Å². The second-order valence-electron chi connectivity index (χ2n) is 3.48. The van der Waals surface area contributed by atoms with Gasteiger partial charge in [-0.05, 0) is 25.5 Å². The molecule has 5 heteroatoms. The molecule has 1 rings (SSSR count). The highest BCUT2D eigenvalue weighted by atomic mass is 35.5. The zero-order chi connectivity index (χ0) is 12.7. The number of rotatable bonds is 6. The van der Waals surface area contributed by atoms with Gasteiger partial charge >= 0.3 is 5.97 Å². The molecule has 17 heavy (non-hydrogen) atoms. The van der Waals surface area contributed by atoms with Crippen molar-refractivity contribution < 1.29 is 9.53 Å². The molecule has 0 aromatic carbocycles. The Labute approximate surface area is 111 Å². The van der Waals surface area contributed by atoms with Gasteiger partial charge in [-0.2, -0.15) is 0 Å². The van der Waals surface area contributed by atoms with E-state index in [0.29, 0.717) is 28.3 Å². The number of alkyl halides is 1. The zero-order valence-electron chi connectivity index (χ0n) is 9.98. The van der Waals surface area contributed by atoms with E-state index < -0.39 is 0 Å². The van der Waals surface area contributed by atoms with Gasteiger partial charge in [0.25, 0.3) is 0 Å². The molecule has 1 unspecified atom stereocenters. The molecule has 0 bridgehead atoms. The van der Waals surface area contributed by atoms with Crippen molar-refractivity contribution in [1.29, 1.82) is 0 Å². The van der Waals surface area contributed by atoms with Crippen molar-refractivity contribution in [3.05, 3.63) is 23.9 Å². The van der Waals surface area contributed by atoms with Crippen LogP contribution < -0.4 is 0 Å². The molecule has 0 radical (unpaired) electrons. The fraction of sp³-hybridized carbons (Fsp3) is 0.500. The van der Waals surface area contributed by atoms with Gasteiger partial charge in [0.05, 0.1) is 12.2 Å². The number of hydrogen-bond donors (Lipinski definition) is 0. The largest absolute Gasteiger partial charge is 0.462 e. The lowest BCUT2D eigenvalue weighted by atomic mass is 10.3. The Hall–Kier alpha value is -0.740. The molecule has 0 N–H and O–H groups in total. The molecule has 0 aliphatic carbocycles. The third-order valence-corrected chi connectivity index (χ3v) is 3.50. The lowest BCUT2D eigenvalue weighted by molar-refractivity contribution is 0.0521. The zero-order valence-corrected chi connectivity index (χ0v) is 11.6. The van der Waals surface area contributed by atoms with Crippen LogP contribution in [0, 0.1) is 0 Å². The first-order valence-corrected chi connectivity index (χ1v) is 6.95. The van der Waals surface area contributed by atoms with Crippen LogP contribution in [0.15, 0.2) is 23.4 Å². The Kier molecular flexibility index (Phi) is 6.37. The van der Waals surface area contributed by atoms with Crippen LogP contribution in [0.3, 0.4) is 0 Å². The Bertz CT molecular complexity index is 373. The molecular formula is C12H16ClNO2S. The Morgan fingerprint density at radius 1 is 1.65 bits per heavy atom. The summed E-state index contributed by atoms with van der Waals surface area (Å²) in [7, 11) is 0. The van der Waals surface area contributed by atoms with Crippen molar-refractivity contribution in [2.24, 2.45) is 0 Å². The van der Waals surface area contributed by atoms with Crippen LogP contribution in [-0.4, -0.2) is 28.7 Å². The van der Waals surface area contributed by atoms with Gasteiger partial charge in [0.2, 0.25) is 0 Å². The summed E-state index contributed by atoms with van der Waals surface area (Å²) in [5, 5.41) is 1.04. The molecule has 0 amide bonds. The first-order valence-electron chi connectivity index (χ1n) is 5.53. The molecule has 0 aliphatic heterocycles. The van der Waals surface area contributed by atoms with E-state index in [1.807, 2.05) is 0 Å². The summed E-state index contributed by atoms with van der Waals surface area (Å²) in [6.07, 6.45) is 2.56. The molecule has 0 fully saturated rings. The van der Waals surface area contributed by atoms with E-state index in [0.717, 1.165) is 6.42 Å². The fourth-order valence-corrected chi connectivity index (χ4v) is 2.73. The third-order valence-electron chi connectivity index (χ3n) is 2.09. The standard InChI is InChI=1S/C12H16ClNO2S/c1-3-16-12(15)10-5-4-8-14-11(10)17-9(2)6-7-13/h4-5,8-9H,3,6-7H2,1-2H3. The highest BCUT2D eigenvalue weighted by Crippen LogP contribution is 2.26. The average molecular weight is 274 g/mol. The molecule has 0 saturated heterocycles. The summed E-state index contributed by atoms with van der Waals surface area (Å²) in [5.41, 5.74) is 0.528. The Balaban J connectivity index is 2.80. The number of carbonyl (C=O) groups excluding carboxylic acids is 1. The van der Waals surface area contributed by atoms with Crippen LogP contribution >= 0.6 is 23.4 Å². The quantitative estimate of drug-likeness (QED) is 0.453. The topological polar surface area (TPSA) is 39.2 Å². The monoisotopic (exact) mass is 273 g/mol. The van der Waals surface area contributed by atoms with Gasteiger partial charge in [-0.1, -0.05) is 6.92 Å². The minimum Gasteiger partial charge on any atom is -0.462 e. The highest BCUT2D eigenvalue weighted by Gasteiger charge is 2.15. The van der Waals surface area contributed by atoms with Crippen LogP contribution in [0.25, 0.3) is 0 Å². The molecule has 1 atom stereocenters. The maximum absolute atomic E-state index is 11.7. The van der Waals surface area contributed by atoms with Crippen molar-refractivity contribution in [3.8, 4) is 0 Å². The first-order chi connectivity index (χ1) is 8.19. The Morgan fingerprint density at radius 2 is 2.41 bits per heavy atom. The number of halogens is 1. The molecule has 1 aromatic rings. The van der Waals surface area contributed by atoms with Crippen LogP contribution in [0.1, 0.15) is 30.6 Å². The normalized spacial score (nSPS) is 12.2. The lowest BCUT2D eigenvalue weighted by Gasteiger charge is -2.11. The van der Waals surface area contributed by atoms with Crippen molar-refractivity contribution in [3.63, 3.8) is 0 Å². The van der Waals surface area contributed by atoms with E-state index in [9.17, 15) is 4.79 Å². The number of pyridine rings is 1. The predicted octanol–water partition coefficient (Wildman–Crippen LogP) is 3.37. The van der Waals surface area contributed by atoms with Crippen LogP contribution in [-0.2, 0) is 4.74 Å². The SMILES string of the molecule is CCOC(=O)c1cccnc1SC(C)CCCl. The number of thioether (sulfide) groups is 1. The van der Waals surface area contributed by atoms with Gasteiger partial charge < -0.3 is 4.74 Å². The van der Waals surface area contributed by atoms with Gasteiger partial charge in [-0.3, -0.25) is 0 Å². The van der Waals surface area contributed by atoms with Crippen LogP contribution in [0.4, 0.5) is 0 Å². The van der Waals surface area contributed by atoms with Crippen LogP contribution in [0.5, 0.6) is 0 Å². The van der Waals surface area contributed by atoms with E-state index >= 15 is 0 Å². The van der Waals surface area contributed by atoms with Gasteiger partial charge in [0.1, 0.15) is 5.03 Å². The second kappa shape index (κ2) is 7.56. The maximum Gasteiger partial charge on any atom is 0.340 e. The van der Waals surface area contributed by atoms with Crippen molar-refractivity contribution in [2.45, 2.75) is 30.5 Å². The summed E-state index contributed by atoms with van der Waals surface area (Å²) < 4.78 is 4.99. The molecule has 0 aliphatic rings. The van der Waals surface area contributed by atoms with E-state index in [1.165, 1.54) is 0 Å². The Morgan fingerprint density at radius 3 is 3.06 bits per heavy atom. The third kappa shape index (κ3) is 4.56. The highest BCUT2D eigenvalue weighted by molar-refractivity contribution is 7.99. The van der Waals surface area contributed by atoms with E-state index in [1.54, 1.807) is 37.0 Å². The molecule has 94 valence electrons. The number of aromatic nitrogens is 1. The van der Waals surface area contributed by atoms with Crippen LogP contribution in [0.2, 0.25) is 0 Å². The van der Waals surface area contributed by atoms with E-state index in [4.69, 9.17) is 16.3 Å². The summed E-state index contributed by atoms with van der Waals surface area (Å²) in [6.45, 7) is 4.23. The van der Waals surface area contributed by atoms with Crippen molar-refractivity contribution in [1.82, 2.24) is 4.98 Å². The van der Waals surface area contributed by atoms with Crippen molar-refractivity contribution in [2.75, 3.05) is 12.5 Å². The lowest BCUT2D eigenvalue weighted by Crippen LogP contribution is -2.08. The second-order valence-corrected chi connectivity index (χ2v) is 5.29. The fourth-order valence-electron chi connectivity index (χ4n) is 1.25. The van der Waals surface area contributed by atoms with E-state index in [-0.39, 0.29) is 5.97 Å². The minimum atomic E-state index is -0.318. The summed E-state index contributed by atoms with van der Waals surface area (Å²) in [6, 6.07) is 3.48. The molecule has 0 saturated carbocycles. The summed E-state index contributed by atoms with van der Waals surface area (Å²) in [4.78, 5) is 15.9. The molecule has 3 nitrogen and oxygen atoms in total. The molecule has 0 spiro atoms. The smallest absolute Gasteiger partial charge is 0.340 e. The molecular weight excluding hydrogens is 258 g/mol. The number of ether oxygens (including phenoxy) is 1. The predicted molar refractivity (Wildman–Crippen MR) is 70.8 cm³/mol. The van der Waals surface area contributed by atoms with Gasteiger partial charge in [0.15, 0.2) is 0 Å². The summed E-state index contributed by atoms with van der Waals surface area (Å²) in [5.74, 6) is 0.289. The number of esters is 1. The van der Waals surface area contributed by atoms with Gasteiger partial charge in [-0.15, -0.1) is 23.4 Å². The number of carbonyl (C=O) groups is 1. The average Bonchev–Trinajstić information content (AvgIpc) is 2.30. The number of nitrogens with zero attached hydrogens (tertiary/aromatic N) is 1. The van der Waals surface area contributed by atoms with Gasteiger partial charge in [-0.25, -0.2) is 9.78 Å².